The zero-order valence-corrected chi connectivity index (χ0v) is 27.3. The summed E-state index contributed by atoms with van der Waals surface area (Å²) in [4.78, 5) is 18.9. The number of hydrogen-bond acceptors (Lipinski definition) is 1. The summed E-state index contributed by atoms with van der Waals surface area (Å²) in [5.74, 6) is 0. The van der Waals surface area contributed by atoms with Crippen molar-refractivity contribution in [1.82, 2.24) is 9.80 Å². The first-order chi connectivity index (χ1) is 16.5. The van der Waals surface area contributed by atoms with Gasteiger partial charge in [0.05, 0.1) is 0 Å². The molecule has 0 aromatic rings. The van der Waals surface area contributed by atoms with Gasteiger partial charge in [-0.3, -0.25) is 0 Å². The van der Waals surface area contributed by atoms with E-state index in [-0.39, 0.29) is 0 Å². The number of urea groups is 1. The molecule has 0 unspecified atom stereocenters. The van der Waals surface area contributed by atoms with E-state index >= 15 is 0 Å². The van der Waals surface area contributed by atoms with Gasteiger partial charge in [-0.25, -0.2) is 0 Å². The molecular formula is C29H54N2OSiSn. The van der Waals surface area contributed by atoms with Gasteiger partial charge in [-0.05, 0) is 0 Å². The fourth-order valence-corrected chi connectivity index (χ4v) is 29.4. The number of carbonyl (C=O) groups excluding carboxylic acids is 1. The average molecular weight is 594 g/mol. The number of carbonyl (C=O) groups is 1. The predicted octanol–water partition coefficient (Wildman–Crippen LogP) is 8.91. The first-order valence-electron chi connectivity index (χ1n) is 15.0. The van der Waals surface area contributed by atoms with E-state index in [0.29, 0.717) is 17.7 Å². The SMILES string of the molecule is CCC[CH2][Sn]([CH2]CCC)([CH2]CCC)[C]1=C(N2C(=O)N3CCC[C@H]3[C@H]2[Si](CC)(CC)CC)CC=C1. The van der Waals surface area contributed by atoms with Crippen molar-refractivity contribution in [2.75, 3.05) is 6.54 Å². The Morgan fingerprint density at radius 3 is 1.97 bits per heavy atom. The topological polar surface area (TPSA) is 23.6 Å². The molecular weight excluding hydrogens is 539 g/mol. The van der Waals surface area contributed by atoms with Crippen molar-refractivity contribution in [3.8, 4) is 0 Å². The number of rotatable bonds is 15. The predicted molar refractivity (Wildman–Crippen MR) is 154 cm³/mol. The molecule has 34 heavy (non-hydrogen) atoms. The van der Waals surface area contributed by atoms with Crippen LogP contribution in [0.2, 0.25) is 31.4 Å². The van der Waals surface area contributed by atoms with Crippen LogP contribution in [-0.4, -0.2) is 60.5 Å². The Morgan fingerprint density at radius 1 is 0.912 bits per heavy atom. The van der Waals surface area contributed by atoms with E-state index in [4.69, 9.17) is 0 Å². The molecule has 2 atom stereocenters. The molecule has 5 heteroatoms. The van der Waals surface area contributed by atoms with Crippen LogP contribution < -0.4 is 0 Å². The number of amides is 2. The van der Waals surface area contributed by atoms with Crippen molar-refractivity contribution < 1.29 is 4.79 Å². The molecule has 2 heterocycles. The average Bonchev–Trinajstić information content (AvgIpc) is 3.59. The quantitative estimate of drug-likeness (QED) is 0.174. The third-order valence-corrected chi connectivity index (χ3v) is 31.8. The van der Waals surface area contributed by atoms with Crippen molar-refractivity contribution in [3.63, 3.8) is 0 Å². The maximum absolute atomic E-state index is 14.1. The molecule has 0 saturated carbocycles. The summed E-state index contributed by atoms with van der Waals surface area (Å²) in [5.41, 5.74) is 2.01. The van der Waals surface area contributed by atoms with Crippen molar-refractivity contribution in [1.29, 1.82) is 0 Å². The van der Waals surface area contributed by atoms with Gasteiger partial charge in [-0.1, -0.05) is 0 Å². The van der Waals surface area contributed by atoms with Crippen LogP contribution in [0, 0.1) is 0 Å². The summed E-state index contributed by atoms with van der Waals surface area (Å²) in [5, 5.41) is 0. The van der Waals surface area contributed by atoms with E-state index in [0.717, 1.165) is 13.0 Å². The van der Waals surface area contributed by atoms with Crippen LogP contribution in [0.25, 0.3) is 0 Å². The van der Waals surface area contributed by atoms with Crippen LogP contribution in [-0.2, 0) is 0 Å². The van der Waals surface area contributed by atoms with Gasteiger partial charge in [0.2, 0.25) is 0 Å². The van der Waals surface area contributed by atoms with Gasteiger partial charge in [0, 0.05) is 0 Å². The van der Waals surface area contributed by atoms with Gasteiger partial charge < -0.3 is 0 Å². The van der Waals surface area contributed by atoms with Crippen molar-refractivity contribution in [3.05, 3.63) is 21.4 Å². The van der Waals surface area contributed by atoms with Crippen LogP contribution in [0.5, 0.6) is 0 Å². The zero-order chi connectivity index (χ0) is 24.8. The fraction of sp³-hybridized carbons (Fsp3) is 0.828. The second kappa shape index (κ2) is 12.8. The summed E-state index contributed by atoms with van der Waals surface area (Å²) in [7, 11) is -1.58. The van der Waals surface area contributed by atoms with Gasteiger partial charge in [-0.15, -0.1) is 0 Å². The van der Waals surface area contributed by atoms with E-state index < -0.39 is 26.5 Å². The molecule has 2 saturated heterocycles. The van der Waals surface area contributed by atoms with Crippen molar-refractivity contribution in [2.24, 2.45) is 0 Å². The van der Waals surface area contributed by atoms with E-state index in [1.807, 2.05) is 0 Å². The van der Waals surface area contributed by atoms with Crippen molar-refractivity contribution in [2.45, 2.75) is 142 Å². The van der Waals surface area contributed by atoms with E-state index in [1.165, 1.54) is 88.5 Å². The number of fused-ring (bicyclic) bond motifs is 1. The Morgan fingerprint density at radius 2 is 1.47 bits per heavy atom. The molecule has 0 N–H and O–H groups in total. The number of nitrogens with zero attached hydrogens (tertiary/aromatic N) is 2. The molecule has 2 fully saturated rings. The summed E-state index contributed by atoms with van der Waals surface area (Å²) >= 11 is -2.61. The summed E-state index contributed by atoms with van der Waals surface area (Å²) in [6.07, 6.45) is 16.5. The molecule has 3 aliphatic rings. The van der Waals surface area contributed by atoms with Crippen molar-refractivity contribution >= 4 is 32.5 Å². The second-order valence-electron chi connectivity index (χ2n) is 11.5. The molecule has 194 valence electrons. The van der Waals surface area contributed by atoms with Gasteiger partial charge in [0.25, 0.3) is 0 Å². The van der Waals surface area contributed by atoms with Gasteiger partial charge in [0.15, 0.2) is 0 Å². The van der Waals surface area contributed by atoms with Crippen LogP contribution in [0.4, 0.5) is 4.79 Å². The minimum absolute atomic E-state index is 0.387. The molecule has 0 radical (unpaired) electrons. The molecule has 0 aromatic heterocycles. The van der Waals surface area contributed by atoms with E-state index in [2.05, 4.69) is 63.5 Å². The summed E-state index contributed by atoms with van der Waals surface area (Å²) in [6.45, 7) is 15.4. The first-order valence-corrected chi connectivity index (χ1v) is 25.2. The summed E-state index contributed by atoms with van der Waals surface area (Å²) < 4.78 is 6.25. The molecule has 1 aliphatic carbocycles. The maximum atomic E-state index is 14.1. The molecule has 3 rings (SSSR count). The molecule has 0 spiro atoms. The summed E-state index contributed by atoms with van der Waals surface area (Å²) in [6, 6.07) is 4.80. The Balaban J connectivity index is 2.14. The van der Waals surface area contributed by atoms with Crippen LogP contribution in [0.3, 0.4) is 0 Å². The van der Waals surface area contributed by atoms with Gasteiger partial charge >= 0.3 is 218 Å². The number of allylic oxidation sites excluding steroid dienone is 3. The van der Waals surface area contributed by atoms with E-state index in [9.17, 15) is 4.79 Å². The van der Waals surface area contributed by atoms with E-state index in [1.54, 1.807) is 3.59 Å². The Hall–Kier alpha value is -0.234. The fourth-order valence-electron chi connectivity index (χ4n) is 7.66. The van der Waals surface area contributed by atoms with Crippen LogP contribution >= 0.6 is 0 Å². The molecule has 0 bridgehead atoms. The Kier molecular flexibility index (Phi) is 10.7. The number of unbranched alkanes of at least 4 members (excludes halogenated alkanes) is 3. The molecule has 2 aliphatic heterocycles. The zero-order valence-electron chi connectivity index (χ0n) is 23.4. The van der Waals surface area contributed by atoms with Crippen LogP contribution in [0.1, 0.15) is 99.3 Å². The standard InChI is InChI=1S/C17H27N2OSi.3C4H9.Sn/c1-4-21(5-2,6-3)16-15-12-9-13-18(15)17(20)19(16)14-10-7-8-11-14;3*1-3-4-2;/h7-8,15-16H,4-6,9-10,12-13H2,1-3H3;3*1,3-4H2,2H3;/t15-,16+;;;;/m0..../s1. The normalized spacial score (nSPS) is 23.1. The first kappa shape index (κ1) is 28.3. The van der Waals surface area contributed by atoms with Crippen LogP contribution in [0.15, 0.2) is 21.4 Å². The molecule has 3 nitrogen and oxygen atoms in total. The Labute approximate surface area is 216 Å². The molecule has 0 aromatic carbocycles. The monoisotopic (exact) mass is 594 g/mol. The molecule has 2 amide bonds. The third kappa shape index (κ3) is 5.24. The van der Waals surface area contributed by atoms with Gasteiger partial charge in [-0.2, -0.15) is 0 Å². The number of hydrogen-bond donors (Lipinski definition) is 0. The second-order valence-corrected chi connectivity index (χ2v) is 30.0. The Bertz CT molecular complexity index is 714. The van der Waals surface area contributed by atoms with Gasteiger partial charge in [0.1, 0.15) is 0 Å². The third-order valence-electron chi connectivity index (χ3n) is 9.93. The minimum atomic E-state index is -2.61.